The molecule has 2 saturated carbocycles. The van der Waals surface area contributed by atoms with E-state index in [1.807, 2.05) is 0 Å². The molecule has 3 aromatic heterocycles. The van der Waals surface area contributed by atoms with Crippen molar-refractivity contribution >= 4 is 28.7 Å². The number of aromatic nitrogens is 3. The largest absolute Gasteiger partial charge is 0.486 e. The number of hydrogen-bond acceptors (Lipinski definition) is 8. The number of nitrogens with zero attached hydrogens (tertiary/aromatic N) is 3. The number of ether oxygens (including phenoxy) is 3. The number of amides is 2. The molecule has 2 aliphatic carbocycles. The lowest BCUT2D eigenvalue weighted by Gasteiger charge is -2.57. The van der Waals surface area contributed by atoms with Crippen molar-refractivity contribution < 1.29 is 32.6 Å². The minimum absolute atomic E-state index is 0.0348. The number of methoxy groups -OCH3 is 1. The van der Waals surface area contributed by atoms with E-state index in [-0.39, 0.29) is 40.0 Å². The third kappa shape index (κ3) is 4.59. The highest BCUT2D eigenvalue weighted by Gasteiger charge is 2.54. The molecule has 3 heterocycles. The number of carbonyl (C=O) groups excluding carboxylic acids is 2. The normalized spacial score (nSPS) is 23.1. The molecule has 1 spiro atoms. The first-order valence-electron chi connectivity index (χ1n) is 11.0. The maximum absolute atomic E-state index is 12.8. The maximum Gasteiger partial charge on any atom is 0.277 e. The third-order valence-corrected chi connectivity index (χ3v) is 7.39. The van der Waals surface area contributed by atoms with Gasteiger partial charge in [-0.2, -0.15) is 10.1 Å². The highest BCUT2D eigenvalue weighted by atomic mass is 32.1. The molecule has 10 nitrogen and oxygen atoms in total. The van der Waals surface area contributed by atoms with Crippen molar-refractivity contribution in [1.29, 1.82) is 0 Å². The SMILES string of the molecule is COc1nc(O[C@H]2CC3(C[C@H](NC(=O)c4cnn5cc(OCC(F)F)ccc45)C3)C2)c(C(N)=O)s1. The van der Waals surface area contributed by atoms with Gasteiger partial charge < -0.3 is 25.3 Å². The Labute approximate surface area is 202 Å². The summed E-state index contributed by atoms with van der Waals surface area (Å²) in [4.78, 5) is 28.8. The van der Waals surface area contributed by atoms with Gasteiger partial charge in [0.2, 0.25) is 5.88 Å². The van der Waals surface area contributed by atoms with Crippen LogP contribution in [0.5, 0.6) is 16.8 Å². The highest BCUT2D eigenvalue weighted by molar-refractivity contribution is 7.15. The number of pyridine rings is 1. The average molecular weight is 508 g/mol. The topological polar surface area (TPSA) is 130 Å². The molecule has 3 aromatic rings. The molecule has 2 amide bonds. The summed E-state index contributed by atoms with van der Waals surface area (Å²) in [6.45, 7) is -0.709. The molecule has 5 rings (SSSR count). The quantitative estimate of drug-likeness (QED) is 0.455. The minimum Gasteiger partial charge on any atom is -0.486 e. The van der Waals surface area contributed by atoms with Crippen molar-refractivity contribution in [2.75, 3.05) is 13.7 Å². The van der Waals surface area contributed by atoms with Gasteiger partial charge in [-0.1, -0.05) is 11.3 Å². The van der Waals surface area contributed by atoms with E-state index >= 15 is 0 Å². The van der Waals surface area contributed by atoms with E-state index in [2.05, 4.69) is 15.4 Å². The second kappa shape index (κ2) is 8.95. The first kappa shape index (κ1) is 23.3. The second-order valence-corrected chi connectivity index (χ2v) is 9.83. The molecule has 0 unspecified atom stereocenters. The van der Waals surface area contributed by atoms with Gasteiger partial charge in [-0.25, -0.2) is 13.3 Å². The van der Waals surface area contributed by atoms with Gasteiger partial charge in [-0.15, -0.1) is 0 Å². The Balaban J connectivity index is 1.13. The standard InChI is InChI=1S/C22H23F2N5O5S/c1-32-21-28-20(17(35-21)18(25)30)34-13-6-22(7-13)4-11(5-22)27-19(31)14-8-26-29-9-12(2-3-15(14)29)33-10-16(23)24/h2-3,8-9,11,13,16H,4-7,10H2,1H3,(H2,25,30)(H,27,31)/t11-,13-,22?. The van der Waals surface area contributed by atoms with Crippen LogP contribution >= 0.6 is 11.3 Å². The van der Waals surface area contributed by atoms with E-state index in [0.717, 1.165) is 37.0 Å². The van der Waals surface area contributed by atoms with Crippen molar-refractivity contribution in [2.24, 2.45) is 11.1 Å². The monoisotopic (exact) mass is 507 g/mol. The molecule has 0 aromatic carbocycles. The molecule has 0 radical (unpaired) electrons. The Morgan fingerprint density at radius 2 is 2.09 bits per heavy atom. The Bertz CT molecular complexity index is 1260. The summed E-state index contributed by atoms with van der Waals surface area (Å²) in [5.41, 5.74) is 6.46. The number of fused-ring (bicyclic) bond motifs is 1. The van der Waals surface area contributed by atoms with Crippen LogP contribution in [0.2, 0.25) is 0 Å². The van der Waals surface area contributed by atoms with Crippen LogP contribution in [0.4, 0.5) is 8.78 Å². The van der Waals surface area contributed by atoms with Crippen molar-refractivity contribution in [1.82, 2.24) is 19.9 Å². The Kier molecular flexibility index (Phi) is 5.95. The smallest absolute Gasteiger partial charge is 0.277 e. The van der Waals surface area contributed by atoms with Gasteiger partial charge in [0.25, 0.3) is 23.4 Å². The summed E-state index contributed by atoms with van der Waals surface area (Å²) in [7, 11) is 1.46. The van der Waals surface area contributed by atoms with Gasteiger partial charge in [-0.05, 0) is 43.2 Å². The zero-order valence-electron chi connectivity index (χ0n) is 18.7. The van der Waals surface area contributed by atoms with Crippen LogP contribution in [0.1, 0.15) is 45.7 Å². The molecule has 3 N–H and O–H groups in total. The molecule has 2 fully saturated rings. The molecular weight excluding hydrogens is 484 g/mol. The van der Waals surface area contributed by atoms with Crippen LogP contribution in [0.3, 0.4) is 0 Å². The number of primary amides is 1. The summed E-state index contributed by atoms with van der Waals surface area (Å²) in [5, 5.41) is 7.49. The number of thiazole rings is 1. The Morgan fingerprint density at radius 1 is 1.31 bits per heavy atom. The molecular formula is C22H23F2N5O5S. The summed E-state index contributed by atoms with van der Waals surface area (Å²) in [6.07, 6.45) is 3.52. The van der Waals surface area contributed by atoms with Crippen LogP contribution < -0.4 is 25.3 Å². The number of carbonyl (C=O) groups is 2. The number of hydrogen-bond donors (Lipinski definition) is 2. The molecule has 0 aliphatic heterocycles. The van der Waals surface area contributed by atoms with Gasteiger partial charge in [0, 0.05) is 6.04 Å². The minimum atomic E-state index is -2.57. The summed E-state index contributed by atoms with van der Waals surface area (Å²) >= 11 is 1.05. The first-order valence-corrected chi connectivity index (χ1v) is 11.8. The van der Waals surface area contributed by atoms with E-state index < -0.39 is 18.9 Å². The summed E-state index contributed by atoms with van der Waals surface area (Å²) in [5.74, 6) is -0.395. The number of nitrogens with one attached hydrogen (secondary N) is 1. The van der Waals surface area contributed by atoms with Gasteiger partial charge in [0.05, 0.1) is 30.6 Å². The zero-order chi connectivity index (χ0) is 24.7. The first-order chi connectivity index (χ1) is 16.7. The fourth-order valence-electron chi connectivity index (χ4n) is 4.83. The van der Waals surface area contributed by atoms with Crippen LogP contribution in [0.15, 0.2) is 24.5 Å². The van der Waals surface area contributed by atoms with E-state index in [4.69, 9.17) is 19.9 Å². The van der Waals surface area contributed by atoms with Gasteiger partial charge in [0.1, 0.15) is 18.5 Å². The predicted molar refractivity (Wildman–Crippen MR) is 120 cm³/mol. The van der Waals surface area contributed by atoms with Gasteiger partial charge in [0.15, 0.2) is 4.88 Å². The van der Waals surface area contributed by atoms with Crippen molar-refractivity contribution in [3.05, 3.63) is 35.0 Å². The molecule has 2 aliphatic rings. The van der Waals surface area contributed by atoms with Crippen LogP contribution in [-0.2, 0) is 0 Å². The molecule has 0 atom stereocenters. The number of alkyl halides is 2. The van der Waals surface area contributed by atoms with E-state index in [1.54, 1.807) is 6.07 Å². The molecule has 35 heavy (non-hydrogen) atoms. The Morgan fingerprint density at radius 3 is 2.77 bits per heavy atom. The lowest BCUT2D eigenvalue weighted by Crippen LogP contribution is -2.58. The van der Waals surface area contributed by atoms with Crippen molar-refractivity contribution in [2.45, 2.75) is 44.3 Å². The molecule has 0 bridgehead atoms. The number of halogens is 2. The fraction of sp³-hybridized carbons (Fsp3) is 0.455. The maximum atomic E-state index is 12.8. The zero-order valence-corrected chi connectivity index (χ0v) is 19.5. The molecule has 13 heteroatoms. The average Bonchev–Trinajstić information content (AvgIpc) is 3.38. The van der Waals surface area contributed by atoms with Crippen LogP contribution in [0, 0.1) is 5.41 Å². The van der Waals surface area contributed by atoms with Crippen molar-refractivity contribution in [3.63, 3.8) is 0 Å². The molecule has 186 valence electrons. The third-order valence-electron chi connectivity index (χ3n) is 6.38. The number of rotatable bonds is 9. The van der Waals surface area contributed by atoms with Crippen LogP contribution in [-0.4, -0.2) is 58.7 Å². The lowest BCUT2D eigenvalue weighted by atomic mass is 9.53. The lowest BCUT2D eigenvalue weighted by molar-refractivity contribution is -0.0846. The van der Waals surface area contributed by atoms with Gasteiger partial charge >= 0.3 is 0 Å². The van der Waals surface area contributed by atoms with E-state index in [9.17, 15) is 18.4 Å². The van der Waals surface area contributed by atoms with Gasteiger partial charge in [-0.3, -0.25) is 9.59 Å². The highest BCUT2D eigenvalue weighted by Crippen LogP contribution is 2.57. The van der Waals surface area contributed by atoms with Crippen molar-refractivity contribution in [3.8, 4) is 16.8 Å². The Hall–Kier alpha value is -3.48. The summed E-state index contributed by atoms with van der Waals surface area (Å²) in [6, 6.07) is 3.18. The number of nitrogens with two attached hydrogens (primary N) is 1. The second-order valence-electron chi connectivity index (χ2n) is 8.86. The predicted octanol–water partition coefficient (Wildman–Crippen LogP) is 2.66. The van der Waals surface area contributed by atoms with E-state index in [1.165, 1.54) is 30.1 Å². The van der Waals surface area contributed by atoms with E-state index in [0.29, 0.717) is 16.3 Å². The molecule has 0 saturated heterocycles. The summed E-state index contributed by atoms with van der Waals surface area (Å²) < 4.78 is 42.1. The van der Waals surface area contributed by atoms with Crippen LogP contribution in [0.25, 0.3) is 5.52 Å². The fourth-order valence-corrected chi connectivity index (χ4v) is 5.49.